The Balaban J connectivity index is 2.62. The average molecular weight is 263 g/mol. The van der Waals surface area contributed by atoms with Gasteiger partial charge in [0, 0.05) is 6.61 Å². The van der Waals surface area contributed by atoms with Crippen LogP contribution in [0.15, 0.2) is 6.07 Å². The van der Waals surface area contributed by atoms with E-state index >= 15 is 0 Å². The first kappa shape index (κ1) is 13.9. The molecule has 0 aliphatic rings. The summed E-state index contributed by atoms with van der Waals surface area (Å²) in [5.41, 5.74) is 11.3. The molecule has 0 atom stereocenters. The SMILES string of the molecule is CCCOCCOc1c(N)cc(N)c(Cl)c1F. The van der Waals surface area contributed by atoms with E-state index in [-0.39, 0.29) is 28.8 Å². The lowest BCUT2D eigenvalue weighted by molar-refractivity contribution is 0.0995. The predicted octanol–water partition coefficient (Wildman–Crippen LogP) is 2.45. The Morgan fingerprint density at radius 1 is 1.24 bits per heavy atom. The average Bonchev–Trinajstić information content (AvgIpc) is 2.30. The van der Waals surface area contributed by atoms with Crippen molar-refractivity contribution in [1.82, 2.24) is 0 Å². The molecule has 0 aliphatic heterocycles. The van der Waals surface area contributed by atoms with Crippen LogP contribution in [-0.2, 0) is 4.74 Å². The number of nitrogen functional groups attached to an aromatic ring is 2. The Kier molecular flexibility index (Phi) is 5.31. The van der Waals surface area contributed by atoms with Crippen LogP contribution in [-0.4, -0.2) is 19.8 Å². The van der Waals surface area contributed by atoms with Crippen LogP contribution in [0.25, 0.3) is 0 Å². The van der Waals surface area contributed by atoms with Crippen molar-refractivity contribution in [2.24, 2.45) is 0 Å². The minimum absolute atomic E-state index is 0.0794. The monoisotopic (exact) mass is 262 g/mol. The van der Waals surface area contributed by atoms with Gasteiger partial charge >= 0.3 is 0 Å². The van der Waals surface area contributed by atoms with Crippen molar-refractivity contribution in [2.75, 3.05) is 31.3 Å². The lowest BCUT2D eigenvalue weighted by atomic mass is 10.2. The number of nitrogens with two attached hydrogens (primary N) is 2. The van der Waals surface area contributed by atoms with Crippen molar-refractivity contribution >= 4 is 23.0 Å². The van der Waals surface area contributed by atoms with E-state index in [1.54, 1.807) is 0 Å². The van der Waals surface area contributed by atoms with E-state index in [9.17, 15) is 4.39 Å². The molecule has 4 nitrogen and oxygen atoms in total. The minimum atomic E-state index is -0.736. The Labute approximate surface area is 105 Å². The first-order valence-corrected chi connectivity index (χ1v) is 5.69. The summed E-state index contributed by atoms with van der Waals surface area (Å²) in [5, 5.41) is -0.177. The second-order valence-electron chi connectivity index (χ2n) is 3.47. The quantitative estimate of drug-likeness (QED) is 0.610. The molecule has 1 aromatic carbocycles. The van der Waals surface area contributed by atoms with E-state index in [0.717, 1.165) is 6.42 Å². The van der Waals surface area contributed by atoms with Crippen molar-refractivity contribution in [3.8, 4) is 5.75 Å². The van der Waals surface area contributed by atoms with Crippen molar-refractivity contribution < 1.29 is 13.9 Å². The van der Waals surface area contributed by atoms with Crippen molar-refractivity contribution in [1.29, 1.82) is 0 Å². The number of ether oxygens (including phenoxy) is 2. The predicted molar refractivity (Wildman–Crippen MR) is 66.8 cm³/mol. The van der Waals surface area contributed by atoms with Crippen LogP contribution in [0.2, 0.25) is 5.02 Å². The molecule has 0 fully saturated rings. The van der Waals surface area contributed by atoms with Gasteiger partial charge < -0.3 is 20.9 Å². The highest BCUT2D eigenvalue weighted by atomic mass is 35.5. The normalized spacial score (nSPS) is 10.5. The third kappa shape index (κ3) is 3.64. The molecule has 6 heteroatoms. The molecular weight excluding hydrogens is 247 g/mol. The van der Waals surface area contributed by atoms with E-state index in [4.69, 9.17) is 32.5 Å². The van der Waals surface area contributed by atoms with E-state index < -0.39 is 5.82 Å². The van der Waals surface area contributed by atoms with Crippen LogP contribution in [0.4, 0.5) is 15.8 Å². The molecule has 0 saturated heterocycles. The van der Waals surface area contributed by atoms with Gasteiger partial charge in [0.15, 0.2) is 11.6 Å². The summed E-state index contributed by atoms with van der Waals surface area (Å²) in [6, 6.07) is 1.37. The number of benzene rings is 1. The maximum atomic E-state index is 13.6. The summed E-state index contributed by atoms with van der Waals surface area (Å²) >= 11 is 5.65. The highest BCUT2D eigenvalue weighted by Crippen LogP contribution is 2.35. The lowest BCUT2D eigenvalue weighted by Gasteiger charge is -2.12. The number of halogens is 2. The fraction of sp³-hybridized carbons (Fsp3) is 0.455. The molecule has 0 aliphatic carbocycles. The van der Waals surface area contributed by atoms with Crippen LogP contribution in [0.1, 0.15) is 13.3 Å². The van der Waals surface area contributed by atoms with Gasteiger partial charge in [-0.05, 0) is 12.5 Å². The van der Waals surface area contributed by atoms with Crippen LogP contribution in [0.5, 0.6) is 5.75 Å². The van der Waals surface area contributed by atoms with E-state index in [2.05, 4.69) is 0 Å². The third-order valence-corrected chi connectivity index (χ3v) is 2.43. The van der Waals surface area contributed by atoms with Crippen LogP contribution < -0.4 is 16.2 Å². The molecule has 1 aromatic rings. The Morgan fingerprint density at radius 3 is 2.59 bits per heavy atom. The second-order valence-corrected chi connectivity index (χ2v) is 3.85. The van der Waals surface area contributed by atoms with Crippen molar-refractivity contribution in [2.45, 2.75) is 13.3 Å². The van der Waals surface area contributed by atoms with Gasteiger partial charge in [-0.15, -0.1) is 0 Å². The number of anilines is 2. The molecule has 96 valence electrons. The van der Waals surface area contributed by atoms with Gasteiger partial charge in [-0.3, -0.25) is 0 Å². The first-order chi connectivity index (χ1) is 8.07. The van der Waals surface area contributed by atoms with Crippen molar-refractivity contribution in [3.05, 3.63) is 16.9 Å². The molecule has 0 bridgehead atoms. The van der Waals surface area contributed by atoms with Gasteiger partial charge in [-0.25, -0.2) is 4.39 Å². The molecule has 0 heterocycles. The Morgan fingerprint density at radius 2 is 1.94 bits per heavy atom. The highest BCUT2D eigenvalue weighted by molar-refractivity contribution is 6.33. The number of rotatable bonds is 6. The number of hydrogen-bond acceptors (Lipinski definition) is 4. The molecule has 0 unspecified atom stereocenters. The fourth-order valence-corrected chi connectivity index (χ4v) is 1.39. The maximum Gasteiger partial charge on any atom is 0.187 e. The zero-order valence-electron chi connectivity index (χ0n) is 9.63. The largest absolute Gasteiger partial charge is 0.486 e. The topological polar surface area (TPSA) is 70.5 Å². The van der Waals surface area contributed by atoms with E-state index in [1.165, 1.54) is 6.07 Å². The van der Waals surface area contributed by atoms with Crippen LogP contribution in [0.3, 0.4) is 0 Å². The molecular formula is C11H16ClFN2O2. The molecule has 0 amide bonds. The summed E-state index contributed by atoms with van der Waals surface area (Å²) in [7, 11) is 0. The van der Waals surface area contributed by atoms with Gasteiger partial charge in [-0.1, -0.05) is 18.5 Å². The summed E-state index contributed by atoms with van der Waals surface area (Å²) in [6.45, 7) is 3.22. The highest BCUT2D eigenvalue weighted by Gasteiger charge is 2.15. The summed E-state index contributed by atoms with van der Waals surface area (Å²) in [6.07, 6.45) is 0.921. The molecule has 1 rings (SSSR count). The molecule has 0 saturated carbocycles. The van der Waals surface area contributed by atoms with E-state index in [0.29, 0.717) is 13.2 Å². The van der Waals surface area contributed by atoms with Gasteiger partial charge in [0.2, 0.25) is 0 Å². The standard InChI is InChI=1S/C11H16ClFN2O2/c1-2-3-16-4-5-17-11-8(15)6-7(14)9(12)10(11)13/h6H,2-5,14-15H2,1H3. The molecule has 0 radical (unpaired) electrons. The summed E-state index contributed by atoms with van der Waals surface area (Å²) in [4.78, 5) is 0. The third-order valence-electron chi connectivity index (χ3n) is 2.04. The minimum Gasteiger partial charge on any atom is -0.486 e. The summed E-state index contributed by atoms with van der Waals surface area (Å²) in [5.74, 6) is -0.816. The Bertz CT molecular complexity index is 388. The molecule has 0 aromatic heterocycles. The zero-order chi connectivity index (χ0) is 12.8. The second kappa shape index (κ2) is 6.51. The fourth-order valence-electron chi connectivity index (χ4n) is 1.25. The lowest BCUT2D eigenvalue weighted by Crippen LogP contribution is -2.10. The Hall–Kier alpha value is -1.20. The summed E-state index contributed by atoms with van der Waals surface area (Å²) < 4.78 is 24.0. The van der Waals surface area contributed by atoms with Gasteiger partial charge in [0.25, 0.3) is 0 Å². The smallest absolute Gasteiger partial charge is 0.187 e. The van der Waals surface area contributed by atoms with Crippen LogP contribution in [0, 0.1) is 5.82 Å². The maximum absolute atomic E-state index is 13.6. The molecule has 0 spiro atoms. The van der Waals surface area contributed by atoms with Crippen LogP contribution >= 0.6 is 11.6 Å². The van der Waals surface area contributed by atoms with E-state index in [1.807, 2.05) is 6.92 Å². The van der Waals surface area contributed by atoms with Gasteiger partial charge in [-0.2, -0.15) is 0 Å². The molecule has 4 N–H and O–H groups in total. The first-order valence-electron chi connectivity index (χ1n) is 5.31. The van der Waals surface area contributed by atoms with Crippen molar-refractivity contribution in [3.63, 3.8) is 0 Å². The van der Waals surface area contributed by atoms with Gasteiger partial charge in [0.1, 0.15) is 11.6 Å². The van der Waals surface area contributed by atoms with Gasteiger partial charge in [0.05, 0.1) is 18.0 Å². The molecule has 17 heavy (non-hydrogen) atoms. The number of hydrogen-bond donors (Lipinski definition) is 2. The zero-order valence-corrected chi connectivity index (χ0v) is 10.4.